The molecule has 1 aliphatic rings. The molecule has 0 aliphatic carbocycles. The second-order valence-corrected chi connectivity index (χ2v) is 9.14. The largest absolute Gasteiger partial charge is 0.491 e. The third kappa shape index (κ3) is 6.03. The number of alkyl halides is 3. The van der Waals surface area contributed by atoms with Crippen LogP contribution in [0.5, 0.6) is 5.75 Å². The summed E-state index contributed by atoms with van der Waals surface area (Å²) in [4.78, 5) is 14.2. The van der Waals surface area contributed by atoms with Crippen LogP contribution in [0.25, 0.3) is 11.0 Å². The highest BCUT2D eigenvalue weighted by Crippen LogP contribution is 2.31. The van der Waals surface area contributed by atoms with E-state index in [-0.39, 0.29) is 0 Å². The maximum Gasteiger partial charge on any atom is 0.416 e. The molecule has 1 aromatic carbocycles. The van der Waals surface area contributed by atoms with E-state index in [0.717, 1.165) is 37.2 Å². The molecule has 0 bridgehead atoms. The number of nitrogens with zero attached hydrogens (tertiary/aromatic N) is 3. The minimum Gasteiger partial charge on any atom is -0.491 e. The van der Waals surface area contributed by atoms with Gasteiger partial charge in [0.25, 0.3) is 0 Å². The number of aromatic nitrogens is 3. The zero-order valence-electron chi connectivity index (χ0n) is 20.1. The predicted molar refractivity (Wildman–Crippen MR) is 134 cm³/mol. The third-order valence-electron chi connectivity index (χ3n) is 6.56. The number of aliphatic hydroxyl groups is 1. The number of nitrogens with one attached hydrogen (secondary N) is 2. The minimum absolute atomic E-state index is 0.321. The van der Waals surface area contributed by atoms with Crippen LogP contribution in [0.3, 0.4) is 0 Å². The fourth-order valence-electron chi connectivity index (χ4n) is 4.46. The Hall–Kier alpha value is -3.63. The number of anilines is 1. The van der Waals surface area contributed by atoms with Gasteiger partial charge >= 0.3 is 6.18 Å². The summed E-state index contributed by atoms with van der Waals surface area (Å²) < 4.78 is 44.1. The van der Waals surface area contributed by atoms with Crippen molar-refractivity contribution < 1.29 is 23.0 Å². The van der Waals surface area contributed by atoms with Crippen LogP contribution in [0.2, 0.25) is 0 Å². The molecule has 5 rings (SSSR count). The molecule has 7 nitrogen and oxygen atoms in total. The standard InChI is InChI=1S/C27H28F3N5O2/c28-27(29,30)20-6-3-18(4-7-20)14-31-24-8-5-19(15-32-24)25(36)23-17-34-26-22(23)13-21(16-33-26)37-12-11-35-9-1-2-10-35/h3-8,13,15-17,25,36H,1-2,9-12,14H2,(H,31,32)(H,33,34). The van der Waals surface area contributed by atoms with Crippen molar-refractivity contribution in [2.24, 2.45) is 0 Å². The zero-order valence-corrected chi connectivity index (χ0v) is 20.1. The lowest BCUT2D eigenvalue weighted by Crippen LogP contribution is -2.25. The third-order valence-corrected chi connectivity index (χ3v) is 6.56. The molecule has 1 aliphatic heterocycles. The van der Waals surface area contributed by atoms with Crippen molar-refractivity contribution in [3.8, 4) is 5.75 Å². The topological polar surface area (TPSA) is 86.3 Å². The first-order chi connectivity index (χ1) is 17.9. The maximum absolute atomic E-state index is 12.7. The van der Waals surface area contributed by atoms with E-state index in [1.807, 2.05) is 6.07 Å². The normalized spacial score (nSPS) is 15.2. The number of aliphatic hydroxyl groups excluding tert-OH is 1. The summed E-state index contributed by atoms with van der Waals surface area (Å²) in [7, 11) is 0. The summed E-state index contributed by atoms with van der Waals surface area (Å²) in [5.41, 5.74) is 1.94. The maximum atomic E-state index is 12.7. The number of halogens is 3. The van der Waals surface area contributed by atoms with Gasteiger partial charge in [-0.3, -0.25) is 4.90 Å². The van der Waals surface area contributed by atoms with E-state index in [2.05, 4.69) is 25.2 Å². The number of fused-ring (bicyclic) bond motifs is 1. The molecule has 10 heteroatoms. The van der Waals surface area contributed by atoms with Gasteiger partial charge in [0, 0.05) is 42.0 Å². The number of hydrogen-bond acceptors (Lipinski definition) is 6. The monoisotopic (exact) mass is 511 g/mol. The number of likely N-dealkylation sites (tertiary alicyclic amines) is 1. The second-order valence-electron chi connectivity index (χ2n) is 9.14. The molecule has 3 aromatic heterocycles. The van der Waals surface area contributed by atoms with Gasteiger partial charge in [0.1, 0.15) is 29.9 Å². The number of aromatic amines is 1. The van der Waals surface area contributed by atoms with E-state index in [4.69, 9.17) is 4.74 Å². The molecule has 0 spiro atoms. The first kappa shape index (κ1) is 25.0. The fourth-order valence-corrected chi connectivity index (χ4v) is 4.46. The minimum atomic E-state index is -4.35. The van der Waals surface area contributed by atoms with Gasteiger partial charge in [0.05, 0.1) is 11.8 Å². The second kappa shape index (κ2) is 10.8. The highest BCUT2D eigenvalue weighted by atomic mass is 19.4. The lowest BCUT2D eigenvalue weighted by molar-refractivity contribution is -0.137. The number of benzene rings is 1. The number of rotatable bonds is 9. The average molecular weight is 512 g/mol. The first-order valence-electron chi connectivity index (χ1n) is 12.2. The van der Waals surface area contributed by atoms with Gasteiger partial charge in [-0.25, -0.2) is 9.97 Å². The van der Waals surface area contributed by atoms with Crippen LogP contribution < -0.4 is 10.1 Å². The van der Waals surface area contributed by atoms with Crippen molar-refractivity contribution in [2.75, 3.05) is 31.6 Å². The van der Waals surface area contributed by atoms with Crippen molar-refractivity contribution >= 4 is 16.9 Å². The van der Waals surface area contributed by atoms with E-state index in [0.29, 0.717) is 47.1 Å². The van der Waals surface area contributed by atoms with E-state index in [9.17, 15) is 18.3 Å². The van der Waals surface area contributed by atoms with E-state index in [1.165, 1.54) is 25.0 Å². The Labute approximate surface area is 212 Å². The van der Waals surface area contributed by atoms with Crippen LogP contribution in [0, 0.1) is 0 Å². The van der Waals surface area contributed by atoms with Crippen LogP contribution in [0.1, 0.15) is 41.2 Å². The summed E-state index contributed by atoms with van der Waals surface area (Å²) in [6.45, 7) is 4.02. The SMILES string of the molecule is OC(c1ccc(NCc2ccc(C(F)(F)F)cc2)nc1)c1c[nH]c2ncc(OCCN3CCCC3)cc12. The quantitative estimate of drug-likeness (QED) is 0.288. The van der Waals surface area contributed by atoms with Crippen LogP contribution >= 0.6 is 0 Å². The van der Waals surface area contributed by atoms with Crippen molar-refractivity contribution in [1.29, 1.82) is 0 Å². The smallest absolute Gasteiger partial charge is 0.416 e. The van der Waals surface area contributed by atoms with Crippen molar-refractivity contribution in [3.63, 3.8) is 0 Å². The molecule has 3 N–H and O–H groups in total. The molecule has 0 saturated carbocycles. The van der Waals surface area contributed by atoms with Crippen LogP contribution in [-0.2, 0) is 12.7 Å². The molecule has 1 fully saturated rings. The molecular weight excluding hydrogens is 483 g/mol. The Morgan fingerprint density at radius 2 is 1.84 bits per heavy atom. The lowest BCUT2D eigenvalue weighted by Gasteiger charge is -2.15. The van der Waals surface area contributed by atoms with Gasteiger partial charge < -0.3 is 20.1 Å². The van der Waals surface area contributed by atoms with E-state index in [1.54, 1.807) is 30.7 Å². The Morgan fingerprint density at radius 1 is 1.05 bits per heavy atom. The molecule has 0 amide bonds. The van der Waals surface area contributed by atoms with Crippen molar-refractivity contribution in [1.82, 2.24) is 19.9 Å². The van der Waals surface area contributed by atoms with Gasteiger partial charge in [-0.1, -0.05) is 18.2 Å². The summed E-state index contributed by atoms with van der Waals surface area (Å²) in [6, 6.07) is 10.4. The Kier molecular flexibility index (Phi) is 7.29. The zero-order chi connectivity index (χ0) is 25.8. The summed E-state index contributed by atoms with van der Waals surface area (Å²) in [5, 5.41) is 14.9. The molecule has 1 saturated heterocycles. The Balaban J connectivity index is 1.21. The van der Waals surface area contributed by atoms with Crippen LogP contribution in [0.4, 0.5) is 19.0 Å². The summed E-state index contributed by atoms with van der Waals surface area (Å²) in [6.07, 6.45) is 2.18. The van der Waals surface area contributed by atoms with Crippen molar-refractivity contribution in [3.05, 3.63) is 83.3 Å². The van der Waals surface area contributed by atoms with E-state index < -0.39 is 17.8 Å². The molecule has 1 unspecified atom stereocenters. The fraction of sp³-hybridized carbons (Fsp3) is 0.333. The molecule has 194 valence electrons. The number of pyridine rings is 2. The number of H-pyrrole nitrogens is 1. The molecule has 1 atom stereocenters. The Morgan fingerprint density at radius 3 is 2.54 bits per heavy atom. The number of ether oxygens (including phenoxy) is 1. The highest BCUT2D eigenvalue weighted by molar-refractivity contribution is 5.81. The summed E-state index contributed by atoms with van der Waals surface area (Å²) >= 11 is 0. The van der Waals surface area contributed by atoms with Crippen LogP contribution in [-0.4, -0.2) is 51.2 Å². The first-order valence-corrected chi connectivity index (χ1v) is 12.2. The van der Waals surface area contributed by atoms with Gasteiger partial charge in [0.2, 0.25) is 0 Å². The molecule has 0 radical (unpaired) electrons. The molecule has 4 aromatic rings. The Bertz CT molecular complexity index is 1320. The molecule has 4 heterocycles. The van der Waals surface area contributed by atoms with Crippen molar-refractivity contribution in [2.45, 2.75) is 31.7 Å². The predicted octanol–water partition coefficient (Wildman–Crippen LogP) is 5.15. The van der Waals surface area contributed by atoms with Gasteiger partial charge in [-0.15, -0.1) is 0 Å². The van der Waals surface area contributed by atoms with Gasteiger partial charge in [-0.05, 0) is 55.8 Å². The van der Waals surface area contributed by atoms with Crippen LogP contribution in [0.15, 0.2) is 61.1 Å². The molecular formula is C27H28F3N5O2. The van der Waals surface area contributed by atoms with Gasteiger partial charge in [0.15, 0.2) is 0 Å². The van der Waals surface area contributed by atoms with Gasteiger partial charge in [-0.2, -0.15) is 13.2 Å². The number of hydrogen-bond donors (Lipinski definition) is 3. The highest BCUT2D eigenvalue weighted by Gasteiger charge is 2.29. The van der Waals surface area contributed by atoms with E-state index >= 15 is 0 Å². The lowest BCUT2D eigenvalue weighted by atomic mass is 10.0. The summed E-state index contributed by atoms with van der Waals surface area (Å²) in [5.74, 6) is 1.20. The molecule has 37 heavy (non-hydrogen) atoms. The average Bonchev–Trinajstić information content (AvgIpc) is 3.57.